The van der Waals surface area contributed by atoms with Gasteiger partial charge in [0.25, 0.3) is 0 Å². The Morgan fingerprint density at radius 2 is 2.36 bits per heavy atom. The van der Waals surface area contributed by atoms with E-state index in [1.165, 1.54) is 6.20 Å². The number of aliphatic carboxylic acids is 1. The summed E-state index contributed by atoms with van der Waals surface area (Å²) in [6, 6.07) is 3.22. The molecule has 0 aliphatic rings. The van der Waals surface area contributed by atoms with Gasteiger partial charge in [-0.15, -0.1) is 0 Å². The Labute approximate surface area is 85.9 Å². The van der Waals surface area contributed by atoms with Crippen molar-refractivity contribution in [3.63, 3.8) is 0 Å². The summed E-state index contributed by atoms with van der Waals surface area (Å²) in [7, 11) is 0. The van der Waals surface area contributed by atoms with Crippen molar-refractivity contribution >= 4 is 5.97 Å². The minimum Gasteiger partial charge on any atom is -0.550 e. The van der Waals surface area contributed by atoms with E-state index in [4.69, 9.17) is 0 Å². The van der Waals surface area contributed by atoms with E-state index in [1.807, 2.05) is 0 Å². The second kappa shape index (κ2) is 5.23. The zero-order valence-electron chi connectivity index (χ0n) is 6.15. The van der Waals surface area contributed by atoms with Crippen LogP contribution in [0.1, 0.15) is 5.69 Å². The van der Waals surface area contributed by atoms with Crippen LogP contribution in [0.5, 0.6) is 0 Å². The molecule has 0 fully saturated rings. The van der Waals surface area contributed by atoms with E-state index in [0.717, 1.165) is 0 Å². The Hall–Kier alpha value is -0.450. The summed E-state index contributed by atoms with van der Waals surface area (Å²) in [6.45, 7) is 0. The van der Waals surface area contributed by atoms with Gasteiger partial charge in [0.1, 0.15) is 0 Å². The molecular formula is C6H5N2NaO2. The molecule has 0 saturated heterocycles. The third kappa shape index (κ3) is 4.08. The van der Waals surface area contributed by atoms with Crippen LogP contribution in [0.25, 0.3) is 0 Å². The number of carbonyl (C=O) groups excluding carboxylic acids is 1. The predicted molar refractivity (Wildman–Crippen MR) is 30.7 cm³/mol. The molecule has 0 atom stereocenters. The summed E-state index contributed by atoms with van der Waals surface area (Å²) in [6.07, 6.45) is 1.31. The van der Waals surface area contributed by atoms with Crippen LogP contribution >= 0.6 is 0 Å². The monoisotopic (exact) mass is 160 g/mol. The second-order valence-electron chi connectivity index (χ2n) is 1.76. The molecule has 52 valence electrons. The quantitative estimate of drug-likeness (QED) is 0.411. The van der Waals surface area contributed by atoms with E-state index < -0.39 is 5.97 Å². The van der Waals surface area contributed by atoms with E-state index in [0.29, 0.717) is 5.69 Å². The van der Waals surface area contributed by atoms with E-state index in [2.05, 4.69) is 10.2 Å². The number of hydrogen-bond acceptors (Lipinski definition) is 4. The molecule has 0 radical (unpaired) electrons. The van der Waals surface area contributed by atoms with Crippen LogP contribution in [0.2, 0.25) is 0 Å². The van der Waals surface area contributed by atoms with Gasteiger partial charge in [-0.25, -0.2) is 0 Å². The van der Waals surface area contributed by atoms with Crippen molar-refractivity contribution in [2.75, 3.05) is 0 Å². The van der Waals surface area contributed by atoms with Gasteiger partial charge in [-0.2, -0.15) is 10.2 Å². The van der Waals surface area contributed by atoms with E-state index in [1.54, 1.807) is 12.1 Å². The second-order valence-corrected chi connectivity index (χ2v) is 1.76. The molecule has 5 heteroatoms. The van der Waals surface area contributed by atoms with E-state index in [9.17, 15) is 9.90 Å². The minimum atomic E-state index is -1.14. The topological polar surface area (TPSA) is 65.9 Å². The Morgan fingerprint density at radius 1 is 1.64 bits per heavy atom. The molecule has 0 bridgehead atoms. The van der Waals surface area contributed by atoms with E-state index >= 15 is 0 Å². The third-order valence-corrected chi connectivity index (χ3v) is 0.953. The maximum Gasteiger partial charge on any atom is 1.00 e. The van der Waals surface area contributed by atoms with Crippen molar-refractivity contribution in [2.45, 2.75) is 6.42 Å². The van der Waals surface area contributed by atoms with Crippen molar-refractivity contribution in [1.82, 2.24) is 10.2 Å². The van der Waals surface area contributed by atoms with Crippen LogP contribution in [-0.2, 0) is 11.2 Å². The maximum atomic E-state index is 9.99. The van der Waals surface area contributed by atoms with Crippen LogP contribution in [0.4, 0.5) is 0 Å². The molecule has 0 saturated carbocycles. The van der Waals surface area contributed by atoms with Gasteiger partial charge in [-0.1, -0.05) is 0 Å². The number of aromatic nitrogens is 2. The Balaban J connectivity index is 0.000001000. The van der Waals surface area contributed by atoms with Crippen LogP contribution in [0.3, 0.4) is 0 Å². The van der Waals surface area contributed by atoms with Gasteiger partial charge >= 0.3 is 29.6 Å². The minimum absolute atomic E-state index is 0. The molecule has 0 aliphatic heterocycles. The molecule has 11 heavy (non-hydrogen) atoms. The average molecular weight is 160 g/mol. The fourth-order valence-corrected chi connectivity index (χ4v) is 0.576. The summed E-state index contributed by atoms with van der Waals surface area (Å²) in [5.74, 6) is -1.14. The van der Waals surface area contributed by atoms with Crippen molar-refractivity contribution in [3.05, 3.63) is 24.0 Å². The predicted octanol–water partition coefficient (Wildman–Crippen LogP) is -4.23. The first-order valence-corrected chi connectivity index (χ1v) is 2.75. The van der Waals surface area contributed by atoms with Gasteiger partial charge in [0, 0.05) is 18.6 Å². The smallest absolute Gasteiger partial charge is 0.550 e. The van der Waals surface area contributed by atoms with Crippen molar-refractivity contribution in [1.29, 1.82) is 0 Å². The van der Waals surface area contributed by atoms with Crippen LogP contribution in [0.15, 0.2) is 18.3 Å². The van der Waals surface area contributed by atoms with Gasteiger partial charge in [-0.05, 0) is 12.1 Å². The molecule has 1 heterocycles. The molecule has 0 aliphatic carbocycles. The first-order chi connectivity index (χ1) is 4.79. The van der Waals surface area contributed by atoms with E-state index in [-0.39, 0.29) is 36.0 Å². The van der Waals surface area contributed by atoms with Gasteiger partial charge in [-0.3, -0.25) is 0 Å². The number of carboxylic acid groups (broad SMARTS) is 1. The zero-order valence-corrected chi connectivity index (χ0v) is 8.15. The number of rotatable bonds is 2. The van der Waals surface area contributed by atoms with Crippen molar-refractivity contribution in [3.8, 4) is 0 Å². The SMILES string of the molecule is O=C([O-])Cc1cccnn1.[Na+]. The molecular weight excluding hydrogens is 155 g/mol. The van der Waals surface area contributed by atoms with Crippen molar-refractivity contribution in [2.24, 2.45) is 0 Å². The molecule has 1 aromatic rings. The fraction of sp³-hybridized carbons (Fsp3) is 0.167. The average Bonchev–Trinajstić information content (AvgIpc) is 1.88. The fourth-order valence-electron chi connectivity index (χ4n) is 0.576. The molecule has 0 amide bonds. The van der Waals surface area contributed by atoms with Crippen LogP contribution in [-0.4, -0.2) is 16.2 Å². The Morgan fingerprint density at radius 3 is 2.82 bits per heavy atom. The number of carboxylic acids is 1. The molecule has 4 nitrogen and oxygen atoms in total. The molecule has 1 rings (SSSR count). The molecule has 0 aromatic carbocycles. The summed E-state index contributed by atoms with van der Waals surface area (Å²) in [5.41, 5.74) is 0.419. The summed E-state index contributed by atoms with van der Waals surface area (Å²) >= 11 is 0. The maximum absolute atomic E-state index is 9.99. The molecule has 0 N–H and O–H groups in total. The first kappa shape index (κ1) is 10.6. The zero-order chi connectivity index (χ0) is 7.40. The number of carbonyl (C=O) groups is 1. The van der Waals surface area contributed by atoms with Crippen LogP contribution in [0, 0.1) is 0 Å². The van der Waals surface area contributed by atoms with Crippen LogP contribution < -0.4 is 34.7 Å². The molecule has 1 aromatic heterocycles. The normalized spacial score (nSPS) is 8.36. The molecule has 0 unspecified atom stereocenters. The standard InChI is InChI=1S/C6H6N2O2.Na/c9-6(10)4-5-2-1-3-7-8-5;/h1-3H,4H2,(H,9,10);/q;+1/p-1. The third-order valence-electron chi connectivity index (χ3n) is 0.953. The van der Waals surface area contributed by atoms with Gasteiger partial charge < -0.3 is 9.90 Å². The van der Waals surface area contributed by atoms with Gasteiger partial charge in [0.05, 0.1) is 5.69 Å². The van der Waals surface area contributed by atoms with Gasteiger partial charge in [0.2, 0.25) is 0 Å². The first-order valence-electron chi connectivity index (χ1n) is 2.75. The Bertz CT molecular complexity index is 227. The summed E-state index contributed by atoms with van der Waals surface area (Å²) in [4.78, 5) is 9.99. The summed E-state index contributed by atoms with van der Waals surface area (Å²) in [5, 5.41) is 17.0. The summed E-state index contributed by atoms with van der Waals surface area (Å²) < 4.78 is 0. The largest absolute Gasteiger partial charge is 1.00 e. The van der Waals surface area contributed by atoms with Gasteiger partial charge in [0.15, 0.2) is 0 Å². The Kier molecular flexibility index (Phi) is 5.02. The number of nitrogens with zero attached hydrogens (tertiary/aromatic N) is 2. The number of hydrogen-bond donors (Lipinski definition) is 0. The van der Waals surface area contributed by atoms with Crippen molar-refractivity contribution < 1.29 is 39.5 Å². The molecule has 0 spiro atoms.